The summed E-state index contributed by atoms with van der Waals surface area (Å²) in [6.07, 6.45) is 3.72. The van der Waals surface area contributed by atoms with E-state index in [2.05, 4.69) is 22.1 Å². The molecule has 3 atom stereocenters. The van der Waals surface area contributed by atoms with Gasteiger partial charge in [-0.1, -0.05) is 42.5 Å². The Bertz CT molecular complexity index is 1050. The first-order valence-electron chi connectivity index (χ1n) is 10.4. The number of carbonyl (C=O) groups excluding carboxylic acids is 1. The largest absolute Gasteiger partial charge is 0.335 e. The molecule has 0 saturated carbocycles. The molecule has 2 aliphatic rings. The van der Waals surface area contributed by atoms with E-state index >= 15 is 0 Å². The lowest BCUT2D eigenvalue weighted by Gasteiger charge is -2.29. The summed E-state index contributed by atoms with van der Waals surface area (Å²) < 4.78 is 15.7. The van der Waals surface area contributed by atoms with E-state index in [1.807, 2.05) is 41.6 Å². The number of fused-ring (bicyclic) bond motifs is 1. The van der Waals surface area contributed by atoms with Gasteiger partial charge in [-0.2, -0.15) is 5.10 Å². The first kappa shape index (κ1) is 19.0. The molecule has 0 N–H and O–H groups in total. The van der Waals surface area contributed by atoms with Crippen molar-refractivity contribution >= 4 is 5.91 Å². The molecule has 6 heteroatoms. The van der Waals surface area contributed by atoms with Crippen molar-refractivity contribution in [3.05, 3.63) is 83.9 Å². The van der Waals surface area contributed by atoms with E-state index in [0.29, 0.717) is 17.5 Å². The van der Waals surface area contributed by atoms with E-state index in [4.69, 9.17) is 0 Å². The predicted molar refractivity (Wildman–Crippen MR) is 112 cm³/mol. The molecule has 2 fully saturated rings. The average molecular weight is 404 g/mol. The maximum absolute atomic E-state index is 14.0. The third-order valence-corrected chi connectivity index (χ3v) is 6.43. The van der Waals surface area contributed by atoms with Crippen molar-refractivity contribution in [1.29, 1.82) is 0 Å². The summed E-state index contributed by atoms with van der Waals surface area (Å²) in [7, 11) is 0. The second kappa shape index (κ2) is 7.69. The smallest absolute Gasteiger partial charge is 0.219 e. The van der Waals surface area contributed by atoms with Gasteiger partial charge in [0.25, 0.3) is 0 Å². The number of aromatic nitrogens is 2. The fraction of sp³-hybridized carbons (Fsp3) is 0.333. The minimum Gasteiger partial charge on any atom is -0.335 e. The van der Waals surface area contributed by atoms with Crippen LogP contribution >= 0.6 is 0 Å². The topological polar surface area (TPSA) is 41.4 Å². The van der Waals surface area contributed by atoms with E-state index in [9.17, 15) is 9.18 Å². The fourth-order valence-electron chi connectivity index (χ4n) is 5.14. The summed E-state index contributed by atoms with van der Waals surface area (Å²) in [5.41, 5.74) is 2.75. The van der Waals surface area contributed by atoms with Gasteiger partial charge >= 0.3 is 0 Å². The summed E-state index contributed by atoms with van der Waals surface area (Å²) >= 11 is 0. The van der Waals surface area contributed by atoms with Gasteiger partial charge in [-0.15, -0.1) is 0 Å². The molecule has 1 aromatic heterocycles. The first-order valence-corrected chi connectivity index (χ1v) is 10.4. The number of likely N-dealkylation sites (tertiary alicyclic amines) is 2. The number of halogens is 1. The Labute approximate surface area is 175 Å². The third-order valence-electron chi connectivity index (χ3n) is 6.43. The second-order valence-corrected chi connectivity index (χ2v) is 8.39. The van der Waals surface area contributed by atoms with Crippen LogP contribution in [0.4, 0.5) is 4.39 Å². The zero-order valence-corrected chi connectivity index (χ0v) is 17.0. The standard InChI is InChI=1S/C24H25FN4O/c1-17(30)28-15-20-14-27(16-21(20)24(28)19-7-3-2-4-8-19)12-18-11-26-29(13-18)23-10-6-5-9-22(23)25/h2-11,13,20-21,24H,12,14-16H2,1H3/t20-,21-,24-/m1/s1. The molecule has 2 saturated heterocycles. The molecule has 3 heterocycles. The lowest BCUT2D eigenvalue weighted by molar-refractivity contribution is -0.130. The van der Waals surface area contributed by atoms with Crippen molar-refractivity contribution < 1.29 is 9.18 Å². The molecule has 5 rings (SSSR count). The maximum atomic E-state index is 14.0. The number of benzene rings is 2. The van der Waals surface area contributed by atoms with E-state index in [-0.39, 0.29) is 17.8 Å². The van der Waals surface area contributed by atoms with Gasteiger partial charge in [-0.05, 0) is 23.6 Å². The van der Waals surface area contributed by atoms with E-state index in [1.165, 1.54) is 11.6 Å². The Hall–Kier alpha value is -2.99. The van der Waals surface area contributed by atoms with Gasteiger partial charge in [0.05, 0.1) is 12.2 Å². The van der Waals surface area contributed by atoms with Crippen molar-refractivity contribution in [1.82, 2.24) is 19.6 Å². The zero-order valence-electron chi connectivity index (χ0n) is 17.0. The van der Waals surface area contributed by atoms with Gasteiger partial charge in [0, 0.05) is 50.8 Å². The van der Waals surface area contributed by atoms with Crippen LogP contribution in [0.15, 0.2) is 67.0 Å². The summed E-state index contributed by atoms with van der Waals surface area (Å²) in [5, 5.41) is 4.36. The molecule has 0 bridgehead atoms. The molecule has 1 amide bonds. The van der Waals surface area contributed by atoms with Gasteiger partial charge in [-0.25, -0.2) is 9.07 Å². The second-order valence-electron chi connectivity index (χ2n) is 8.39. The number of nitrogens with zero attached hydrogens (tertiary/aromatic N) is 4. The van der Waals surface area contributed by atoms with Crippen LogP contribution in [0.25, 0.3) is 5.69 Å². The normalized spacial score (nSPS) is 23.7. The summed E-state index contributed by atoms with van der Waals surface area (Å²) in [4.78, 5) is 16.7. The van der Waals surface area contributed by atoms with Crippen LogP contribution in [-0.2, 0) is 11.3 Å². The number of carbonyl (C=O) groups is 1. The third kappa shape index (κ3) is 3.41. The highest BCUT2D eigenvalue weighted by Gasteiger charge is 2.48. The Morgan fingerprint density at radius 1 is 1.07 bits per heavy atom. The van der Waals surface area contributed by atoms with Crippen LogP contribution in [0, 0.1) is 17.7 Å². The van der Waals surface area contributed by atoms with Gasteiger partial charge < -0.3 is 4.90 Å². The molecule has 3 aromatic rings. The first-order chi connectivity index (χ1) is 14.6. The van der Waals surface area contributed by atoms with Crippen molar-refractivity contribution in [2.24, 2.45) is 11.8 Å². The van der Waals surface area contributed by atoms with E-state index < -0.39 is 0 Å². The van der Waals surface area contributed by atoms with Crippen LogP contribution < -0.4 is 0 Å². The summed E-state index contributed by atoms with van der Waals surface area (Å²) in [5.74, 6) is 0.771. The van der Waals surface area contributed by atoms with Crippen LogP contribution in [-0.4, -0.2) is 45.1 Å². The Balaban J connectivity index is 1.32. The molecule has 0 aliphatic carbocycles. The van der Waals surface area contributed by atoms with Crippen LogP contribution in [0.2, 0.25) is 0 Å². The van der Waals surface area contributed by atoms with Crippen molar-refractivity contribution in [2.45, 2.75) is 19.5 Å². The molecule has 0 spiro atoms. The van der Waals surface area contributed by atoms with Gasteiger partial charge in [-0.3, -0.25) is 9.69 Å². The quantitative estimate of drug-likeness (QED) is 0.666. The van der Waals surface area contributed by atoms with Crippen molar-refractivity contribution in [3.63, 3.8) is 0 Å². The van der Waals surface area contributed by atoms with Gasteiger partial charge in [0.2, 0.25) is 5.91 Å². The number of rotatable bonds is 4. The van der Waals surface area contributed by atoms with Crippen LogP contribution in [0.1, 0.15) is 24.1 Å². The zero-order chi connectivity index (χ0) is 20.7. The summed E-state index contributed by atoms with van der Waals surface area (Å²) in [6.45, 7) is 5.17. The molecule has 2 aromatic carbocycles. The molecular weight excluding hydrogens is 379 g/mol. The number of hydrogen-bond acceptors (Lipinski definition) is 3. The maximum Gasteiger partial charge on any atom is 0.219 e. The highest BCUT2D eigenvalue weighted by Crippen LogP contribution is 2.45. The average Bonchev–Trinajstić information content (AvgIpc) is 3.44. The molecular formula is C24H25FN4O. The van der Waals surface area contributed by atoms with Gasteiger partial charge in [0.1, 0.15) is 11.5 Å². The lowest BCUT2D eigenvalue weighted by atomic mass is 9.89. The number of hydrogen-bond donors (Lipinski definition) is 0. The predicted octanol–water partition coefficient (Wildman–Crippen LogP) is 3.66. The Kier molecular flexibility index (Phi) is 4.87. The molecule has 0 radical (unpaired) electrons. The monoisotopic (exact) mass is 404 g/mol. The number of para-hydroxylation sites is 1. The van der Waals surface area contributed by atoms with Gasteiger partial charge in [0.15, 0.2) is 0 Å². The molecule has 5 nitrogen and oxygen atoms in total. The van der Waals surface area contributed by atoms with Crippen molar-refractivity contribution in [2.75, 3.05) is 19.6 Å². The molecule has 30 heavy (non-hydrogen) atoms. The minimum absolute atomic E-state index is 0.139. The Morgan fingerprint density at radius 3 is 2.60 bits per heavy atom. The lowest BCUT2D eigenvalue weighted by Crippen LogP contribution is -2.34. The highest BCUT2D eigenvalue weighted by molar-refractivity contribution is 5.74. The van der Waals surface area contributed by atoms with E-state index in [0.717, 1.165) is 31.7 Å². The van der Waals surface area contributed by atoms with Crippen molar-refractivity contribution in [3.8, 4) is 5.69 Å². The SMILES string of the molecule is CC(=O)N1C[C@H]2CN(Cc3cnn(-c4ccccc4F)c3)C[C@H]2[C@H]1c1ccccc1. The minimum atomic E-state index is -0.280. The van der Waals surface area contributed by atoms with Crippen LogP contribution in [0.3, 0.4) is 0 Å². The summed E-state index contributed by atoms with van der Waals surface area (Å²) in [6, 6.07) is 17.2. The highest BCUT2D eigenvalue weighted by atomic mass is 19.1. The molecule has 154 valence electrons. The fourth-order valence-corrected chi connectivity index (χ4v) is 5.14. The van der Waals surface area contributed by atoms with E-state index in [1.54, 1.807) is 23.7 Å². The molecule has 0 unspecified atom stereocenters. The Morgan fingerprint density at radius 2 is 1.83 bits per heavy atom. The van der Waals surface area contributed by atoms with Crippen LogP contribution in [0.5, 0.6) is 0 Å². The molecule has 2 aliphatic heterocycles. The number of amides is 1.